The molecule has 0 atom stereocenters. The predicted octanol–water partition coefficient (Wildman–Crippen LogP) is 0.673. The molecule has 0 aromatic rings. The van der Waals surface area contributed by atoms with Crippen LogP contribution in [-0.2, 0) is 0 Å². The fourth-order valence-corrected chi connectivity index (χ4v) is 1.26. The maximum Gasteiger partial charge on any atom is 0.190 e. The minimum Gasteiger partial charge on any atom is -0.359 e. The smallest absolute Gasteiger partial charge is 0.190 e. The minimum absolute atomic E-state index is 0.376. The van der Waals surface area contributed by atoms with E-state index < -0.39 is 5.67 Å². The van der Waals surface area contributed by atoms with Crippen molar-refractivity contribution >= 4 is 5.96 Å². The Bertz CT molecular complexity index is 175. The van der Waals surface area contributed by atoms with Crippen molar-refractivity contribution in [2.45, 2.75) is 24.9 Å². The molecule has 0 bridgehead atoms. The van der Waals surface area contributed by atoms with E-state index in [0.29, 0.717) is 25.3 Å². The largest absolute Gasteiger partial charge is 0.359 e. The summed E-state index contributed by atoms with van der Waals surface area (Å²) in [7, 11) is 3.44. The molecule has 70 valence electrons. The van der Waals surface area contributed by atoms with Crippen LogP contribution < -0.4 is 10.6 Å². The fourth-order valence-electron chi connectivity index (χ4n) is 1.26. The Hall–Kier alpha value is -0.800. The lowest BCUT2D eigenvalue weighted by atomic mass is 9.82. The van der Waals surface area contributed by atoms with Gasteiger partial charge >= 0.3 is 0 Å². The van der Waals surface area contributed by atoms with Gasteiger partial charge in [-0.05, 0) is 19.3 Å². The van der Waals surface area contributed by atoms with Gasteiger partial charge in [-0.25, -0.2) is 4.39 Å². The zero-order valence-electron chi connectivity index (χ0n) is 7.65. The van der Waals surface area contributed by atoms with Gasteiger partial charge in [-0.3, -0.25) is 4.99 Å². The summed E-state index contributed by atoms with van der Waals surface area (Å²) >= 11 is 0. The predicted molar refractivity (Wildman–Crippen MR) is 48.1 cm³/mol. The van der Waals surface area contributed by atoms with Crippen LogP contribution >= 0.6 is 0 Å². The van der Waals surface area contributed by atoms with Gasteiger partial charge in [-0.15, -0.1) is 0 Å². The lowest BCUT2D eigenvalue weighted by molar-refractivity contribution is 0.0683. The second-order valence-electron chi connectivity index (χ2n) is 3.18. The molecular formula is C8H16FN3. The number of nitrogens with one attached hydrogen (secondary N) is 2. The van der Waals surface area contributed by atoms with E-state index in [2.05, 4.69) is 15.6 Å². The Morgan fingerprint density at radius 1 is 1.58 bits per heavy atom. The highest BCUT2D eigenvalue weighted by molar-refractivity contribution is 5.79. The van der Waals surface area contributed by atoms with E-state index in [1.165, 1.54) is 0 Å². The summed E-state index contributed by atoms with van der Waals surface area (Å²) in [5.41, 5.74) is -0.979. The number of aliphatic imine (C=N–C) groups is 1. The van der Waals surface area contributed by atoms with Crippen molar-refractivity contribution in [2.75, 3.05) is 20.6 Å². The molecule has 0 unspecified atom stereocenters. The average Bonchev–Trinajstić information content (AvgIpc) is 2.03. The van der Waals surface area contributed by atoms with Crippen LogP contribution in [0.3, 0.4) is 0 Å². The van der Waals surface area contributed by atoms with Crippen molar-refractivity contribution in [3.8, 4) is 0 Å². The molecule has 1 fully saturated rings. The molecule has 0 spiro atoms. The average molecular weight is 173 g/mol. The third-order valence-electron chi connectivity index (χ3n) is 2.28. The second kappa shape index (κ2) is 3.74. The van der Waals surface area contributed by atoms with Gasteiger partial charge in [-0.2, -0.15) is 0 Å². The third-order valence-corrected chi connectivity index (χ3v) is 2.28. The number of rotatable bonds is 2. The molecule has 1 aliphatic rings. The van der Waals surface area contributed by atoms with Gasteiger partial charge in [-0.1, -0.05) is 0 Å². The topological polar surface area (TPSA) is 36.4 Å². The summed E-state index contributed by atoms with van der Waals surface area (Å²) in [5, 5.41) is 5.77. The first-order chi connectivity index (χ1) is 5.70. The molecule has 12 heavy (non-hydrogen) atoms. The quantitative estimate of drug-likeness (QED) is 0.476. The normalized spacial score (nSPS) is 21.4. The van der Waals surface area contributed by atoms with Crippen molar-refractivity contribution in [2.24, 2.45) is 4.99 Å². The molecule has 1 saturated carbocycles. The SMILES string of the molecule is CN=C(NC)NCC1(F)CCC1. The van der Waals surface area contributed by atoms with Crippen LogP contribution in [0.4, 0.5) is 4.39 Å². The molecule has 0 aromatic heterocycles. The standard InChI is InChI=1S/C8H16FN3/c1-10-7(11-2)12-6-8(9)4-3-5-8/h3-6H2,1-2H3,(H2,10,11,12). The van der Waals surface area contributed by atoms with Gasteiger partial charge in [0.25, 0.3) is 0 Å². The van der Waals surface area contributed by atoms with Gasteiger partial charge in [0.15, 0.2) is 5.96 Å². The number of halogens is 1. The van der Waals surface area contributed by atoms with E-state index in [0.717, 1.165) is 6.42 Å². The van der Waals surface area contributed by atoms with Gasteiger partial charge in [0.1, 0.15) is 5.67 Å². The summed E-state index contributed by atoms with van der Waals surface area (Å²) in [6.45, 7) is 0.376. The Labute approximate surface area is 72.4 Å². The summed E-state index contributed by atoms with van der Waals surface area (Å²) in [6.07, 6.45) is 2.37. The molecule has 0 radical (unpaired) electrons. The fraction of sp³-hybridized carbons (Fsp3) is 0.875. The Kier molecular flexibility index (Phi) is 2.89. The first-order valence-electron chi connectivity index (χ1n) is 4.27. The summed E-state index contributed by atoms with van der Waals surface area (Å²) < 4.78 is 13.4. The minimum atomic E-state index is -0.979. The van der Waals surface area contributed by atoms with Crippen LogP contribution in [-0.4, -0.2) is 32.3 Å². The summed E-state index contributed by atoms with van der Waals surface area (Å²) in [4.78, 5) is 3.90. The van der Waals surface area contributed by atoms with E-state index in [4.69, 9.17) is 0 Å². The van der Waals surface area contributed by atoms with E-state index in [1.54, 1.807) is 14.1 Å². The second-order valence-corrected chi connectivity index (χ2v) is 3.18. The first-order valence-corrected chi connectivity index (χ1v) is 4.27. The Balaban J connectivity index is 2.24. The Morgan fingerprint density at radius 3 is 2.58 bits per heavy atom. The molecule has 3 nitrogen and oxygen atoms in total. The number of nitrogens with zero attached hydrogens (tertiary/aromatic N) is 1. The monoisotopic (exact) mass is 173 g/mol. The number of hydrogen-bond donors (Lipinski definition) is 2. The van der Waals surface area contributed by atoms with Crippen LogP contribution in [0.25, 0.3) is 0 Å². The molecular weight excluding hydrogens is 157 g/mol. The van der Waals surface area contributed by atoms with E-state index >= 15 is 0 Å². The van der Waals surface area contributed by atoms with E-state index in [9.17, 15) is 4.39 Å². The molecule has 1 aliphatic carbocycles. The van der Waals surface area contributed by atoms with Crippen LogP contribution in [0.1, 0.15) is 19.3 Å². The van der Waals surface area contributed by atoms with Crippen LogP contribution in [0, 0.1) is 0 Å². The van der Waals surface area contributed by atoms with Gasteiger partial charge in [0.05, 0.1) is 6.54 Å². The number of guanidine groups is 1. The van der Waals surface area contributed by atoms with Crippen molar-refractivity contribution < 1.29 is 4.39 Å². The molecule has 0 heterocycles. The summed E-state index contributed by atoms with van der Waals surface area (Å²) in [5.74, 6) is 0.652. The van der Waals surface area contributed by atoms with Crippen LogP contribution in [0.15, 0.2) is 4.99 Å². The zero-order valence-corrected chi connectivity index (χ0v) is 7.65. The van der Waals surface area contributed by atoms with E-state index in [-0.39, 0.29) is 0 Å². The molecule has 4 heteroatoms. The number of alkyl halides is 1. The highest BCUT2D eigenvalue weighted by Crippen LogP contribution is 2.34. The molecule has 0 aliphatic heterocycles. The van der Waals surface area contributed by atoms with Crippen molar-refractivity contribution in [3.63, 3.8) is 0 Å². The van der Waals surface area contributed by atoms with Gasteiger partial charge < -0.3 is 10.6 Å². The highest BCUT2D eigenvalue weighted by Gasteiger charge is 2.36. The maximum atomic E-state index is 13.4. The molecule has 0 aromatic carbocycles. The van der Waals surface area contributed by atoms with Crippen molar-refractivity contribution in [1.29, 1.82) is 0 Å². The first kappa shape index (κ1) is 9.29. The van der Waals surface area contributed by atoms with Gasteiger partial charge in [0, 0.05) is 14.1 Å². The van der Waals surface area contributed by atoms with Crippen molar-refractivity contribution in [1.82, 2.24) is 10.6 Å². The van der Waals surface area contributed by atoms with Crippen LogP contribution in [0.5, 0.6) is 0 Å². The molecule has 2 N–H and O–H groups in total. The molecule has 0 saturated heterocycles. The molecule has 1 rings (SSSR count). The highest BCUT2D eigenvalue weighted by atomic mass is 19.1. The summed E-state index contributed by atoms with van der Waals surface area (Å²) in [6, 6.07) is 0. The van der Waals surface area contributed by atoms with Gasteiger partial charge in [0.2, 0.25) is 0 Å². The Morgan fingerprint density at radius 2 is 2.25 bits per heavy atom. The lowest BCUT2D eigenvalue weighted by Gasteiger charge is -2.34. The maximum absolute atomic E-state index is 13.4. The molecule has 0 amide bonds. The van der Waals surface area contributed by atoms with E-state index in [1.807, 2.05) is 0 Å². The zero-order chi connectivity index (χ0) is 9.03. The number of hydrogen-bond acceptors (Lipinski definition) is 1. The van der Waals surface area contributed by atoms with Crippen molar-refractivity contribution in [3.05, 3.63) is 0 Å². The van der Waals surface area contributed by atoms with Crippen LogP contribution in [0.2, 0.25) is 0 Å². The third kappa shape index (κ3) is 2.09. The lowest BCUT2D eigenvalue weighted by Crippen LogP contribution is -2.47.